The van der Waals surface area contributed by atoms with Crippen molar-refractivity contribution in [3.63, 3.8) is 0 Å². The van der Waals surface area contributed by atoms with Crippen molar-refractivity contribution in [2.24, 2.45) is 4.99 Å². The Balaban J connectivity index is 2.14. The zero-order valence-electron chi connectivity index (χ0n) is 7.47. The first-order chi connectivity index (χ1) is 6.81. The lowest BCUT2D eigenvalue weighted by Crippen LogP contribution is -2.21. The lowest BCUT2D eigenvalue weighted by Gasteiger charge is -1.99. The quantitative estimate of drug-likeness (QED) is 0.622. The minimum atomic E-state index is -0.591. The maximum absolute atomic E-state index is 11.1. The summed E-state index contributed by atoms with van der Waals surface area (Å²) >= 11 is 0. The molecule has 2 heterocycles. The van der Waals surface area contributed by atoms with Gasteiger partial charge in [-0.25, -0.2) is 14.8 Å². The molecule has 74 valence electrons. The Labute approximate surface area is 79.5 Å². The summed E-state index contributed by atoms with van der Waals surface area (Å²) in [6.45, 7) is 0.189. The number of hydrogen-bond acceptors (Lipinski definition) is 6. The van der Waals surface area contributed by atoms with Crippen molar-refractivity contribution < 1.29 is 18.7 Å². The first-order valence-electron chi connectivity index (χ1n) is 3.98. The van der Waals surface area contributed by atoms with Gasteiger partial charge in [-0.05, 0) is 0 Å². The number of esters is 1. The van der Waals surface area contributed by atoms with Crippen LogP contribution in [0.25, 0.3) is 0 Å². The molecule has 1 aliphatic heterocycles. The summed E-state index contributed by atoms with van der Waals surface area (Å²) in [5.74, 6) is -0.0994. The largest absolute Gasteiger partial charge is 0.473 e. The number of methoxy groups -OCH3 is 1. The maximum Gasteiger partial charge on any atom is 0.334 e. The van der Waals surface area contributed by atoms with Gasteiger partial charge in [0.05, 0.1) is 7.11 Å². The van der Waals surface area contributed by atoms with E-state index in [1.807, 2.05) is 0 Å². The summed E-state index contributed by atoms with van der Waals surface area (Å²) in [7, 11) is 1.31. The Morgan fingerprint density at radius 3 is 3.21 bits per heavy atom. The Morgan fingerprint density at radius 1 is 1.71 bits per heavy atom. The third-order valence-electron chi connectivity index (χ3n) is 1.78. The predicted molar refractivity (Wildman–Crippen MR) is 44.8 cm³/mol. The number of hydrogen-bond donors (Lipinski definition) is 0. The zero-order valence-corrected chi connectivity index (χ0v) is 7.47. The van der Waals surface area contributed by atoms with E-state index in [1.165, 1.54) is 19.8 Å². The number of aliphatic imine (C=N–C) groups is 1. The minimum Gasteiger partial charge on any atom is -0.473 e. The van der Waals surface area contributed by atoms with Gasteiger partial charge >= 0.3 is 5.97 Å². The topological polar surface area (TPSA) is 73.9 Å². The fourth-order valence-electron chi connectivity index (χ4n) is 1.09. The Hall–Kier alpha value is -1.85. The average molecular weight is 196 g/mol. The molecule has 6 heteroatoms. The molecule has 0 amide bonds. The van der Waals surface area contributed by atoms with E-state index in [1.54, 1.807) is 0 Å². The van der Waals surface area contributed by atoms with Crippen LogP contribution in [0.4, 0.5) is 0 Å². The molecule has 0 radical (unpaired) electrons. The van der Waals surface area contributed by atoms with Gasteiger partial charge in [0.15, 0.2) is 18.1 Å². The standard InChI is InChI=1S/C8H8N2O4/c1-12-8(11)6-3-14-7(10-6)5-2-13-4-9-5/h2,4,6H,3H2,1H3. The van der Waals surface area contributed by atoms with Crippen LogP contribution in [0.15, 0.2) is 22.1 Å². The fraction of sp³-hybridized carbons (Fsp3) is 0.375. The van der Waals surface area contributed by atoms with Gasteiger partial charge in [0.2, 0.25) is 5.90 Å². The van der Waals surface area contributed by atoms with Gasteiger partial charge in [0.1, 0.15) is 12.9 Å². The fourth-order valence-corrected chi connectivity index (χ4v) is 1.09. The van der Waals surface area contributed by atoms with Crippen molar-refractivity contribution in [1.29, 1.82) is 0 Å². The first kappa shape index (κ1) is 8.74. The van der Waals surface area contributed by atoms with Crippen LogP contribution in [0.1, 0.15) is 5.69 Å². The summed E-state index contributed by atoms with van der Waals surface area (Å²) in [6, 6.07) is -0.591. The van der Waals surface area contributed by atoms with Gasteiger partial charge in [-0.1, -0.05) is 0 Å². The number of ether oxygens (including phenoxy) is 2. The smallest absolute Gasteiger partial charge is 0.334 e. The van der Waals surface area contributed by atoms with E-state index in [4.69, 9.17) is 9.15 Å². The molecule has 1 aromatic rings. The second kappa shape index (κ2) is 3.49. The van der Waals surface area contributed by atoms with E-state index in [2.05, 4.69) is 14.7 Å². The van der Waals surface area contributed by atoms with Gasteiger partial charge in [0.25, 0.3) is 0 Å². The summed E-state index contributed by atoms with van der Waals surface area (Å²) in [5, 5.41) is 0. The second-order valence-electron chi connectivity index (χ2n) is 2.66. The van der Waals surface area contributed by atoms with Crippen molar-refractivity contribution in [1.82, 2.24) is 4.98 Å². The molecule has 6 nitrogen and oxygen atoms in total. The minimum absolute atomic E-state index is 0.189. The monoisotopic (exact) mass is 196 g/mol. The normalized spacial score (nSPS) is 20.1. The number of rotatable bonds is 2. The zero-order chi connectivity index (χ0) is 9.97. The Bertz CT molecular complexity index is 357. The molecule has 0 bridgehead atoms. The van der Waals surface area contributed by atoms with E-state index >= 15 is 0 Å². The maximum atomic E-state index is 11.1. The van der Waals surface area contributed by atoms with Crippen LogP contribution in [0.2, 0.25) is 0 Å². The molecule has 0 saturated heterocycles. The number of carbonyl (C=O) groups is 1. The molecule has 0 aromatic carbocycles. The third kappa shape index (κ3) is 1.46. The van der Waals surface area contributed by atoms with E-state index in [0.717, 1.165) is 0 Å². The molecular weight excluding hydrogens is 188 g/mol. The molecule has 0 N–H and O–H groups in total. The highest BCUT2D eigenvalue weighted by molar-refractivity contribution is 5.95. The van der Waals surface area contributed by atoms with Crippen LogP contribution in [-0.2, 0) is 14.3 Å². The molecule has 1 aromatic heterocycles. The predicted octanol–water partition coefficient (Wildman–Crippen LogP) is -0.00700. The molecule has 0 fully saturated rings. The summed E-state index contributed by atoms with van der Waals surface area (Å²) in [6.07, 6.45) is 2.67. The van der Waals surface area contributed by atoms with Crippen LogP contribution < -0.4 is 0 Å². The molecule has 1 atom stereocenters. The highest BCUT2D eigenvalue weighted by atomic mass is 16.5. The van der Waals surface area contributed by atoms with E-state index in [0.29, 0.717) is 11.6 Å². The lowest BCUT2D eigenvalue weighted by molar-refractivity contribution is -0.142. The lowest BCUT2D eigenvalue weighted by atomic mass is 10.3. The summed E-state index contributed by atoms with van der Waals surface area (Å²) in [4.78, 5) is 18.9. The average Bonchev–Trinajstić information content (AvgIpc) is 2.86. The SMILES string of the molecule is COC(=O)C1COC(c2cocn2)=N1. The number of oxazole rings is 1. The first-order valence-corrected chi connectivity index (χ1v) is 3.98. The molecule has 14 heavy (non-hydrogen) atoms. The highest BCUT2D eigenvalue weighted by Gasteiger charge is 2.28. The van der Waals surface area contributed by atoms with Crippen LogP contribution >= 0.6 is 0 Å². The van der Waals surface area contributed by atoms with Crippen LogP contribution in [-0.4, -0.2) is 36.6 Å². The summed E-state index contributed by atoms with van der Waals surface area (Å²) < 4.78 is 14.5. The van der Waals surface area contributed by atoms with Gasteiger partial charge in [-0.3, -0.25) is 0 Å². The second-order valence-corrected chi connectivity index (χ2v) is 2.66. The molecule has 1 unspecified atom stereocenters. The molecule has 0 aliphatic carbocycles. The Morgan fingerprint density at radius 2 is 2.57 bits per heavy atom. The number of nitrogens with zero attached hydrogens (tertiary/aromatic N) is 2. The third-order valence-corrected chi connectivity index (χ3v) is 1.78. The van der Waals surface area contributed by atoms with Crippen LogP contribution in [0.5, 0.6) is 0 Å². The van der Waals surface area contributed by atoms with E-state index < -0.39 is 12.0 Å². The Kier molecular flexibility index (Phi) is 2.18. The van der Waals surface area contributed by atoms with Gasteiger partial charge in [-0.2, -0.15) is 0 Å². The molecule has 2 rings (SSSR count). The van der Waals surface area contributed by atoms with Crippen LogP contribution in [0.3, 0.4) is 0 Å². The van der Waals surface area contributed by atoms with E-state index in [-0.39, 0.29) is 6.61 Å². The van der Waals surface area contributed by atoms with Crippen molar-refractivity contribution in [2.75, 3.05) is 13.7 Å². The van der Waals surface area contributed by atoms with Gasteiger partial charge in [0, 0.05) is 0 Å². The van der Waals surface area contributed by atoms with Gasteiger partial charge in [-0.15, -0.1) is 0 Å². The van der Waals surface area contributed by atoms with Crippen LogP contribution in [0, 0.1) is 0 Å². The van der Waals surface area contributed by atoms with Crippen molar-refractivity contribution >= 4 is 11.9 Å². The number of aromatic nitrogens is 1. The van der Waals surface area contributed by atoms with Crippen molar-refractivity contribution in [2.45, 2.75) is 6.04 Å². The molecule has 0 saturated carbocycles. The van der Waals surface area contributed by atoms with E-state index in [9.17, 15) is 4.79 Å². The highest BCUT2D eigenvalue weighted by Crippen LogP contribution is 2.11. The van der Waals surface area contributed by atoms with Crippen molar-refractivity contribution in [3.8, 4) is 0 Å². The molecule has 1 aliphatic rings. The summed E-state index contributed by atoms with van der Waals surface area (Å²) in [5.41, 5.74) is 0.483. The molecular formula is C8H8N2O4. The molecule has 0 spiro atoms. The van der Waals surface area contributed by atoms with Crippen molar-refractivity contribution in [3.05, 3.63) is 18.4 Å². The number of carbonyl (C=O) groups excluding carboxylic acids is 1. The van der Waals surface area contributed by atoms with Gasteiger partial charge < -0.3 is 13.9 Å².